The van der Waals surface area contributed by atoms with E-state index in [1.165, 1.54) is 12.1 Å². The number of nitrogens with zero attached hydrogens (tertiary/aromatic N) is 1. The van der Waals surface area contributed by atoms with Crippen molar-refractivity contribution in [1.29, 1.82) is 0 Å². The van der Waals surface area contributed by atoms with E-state index in [0.29, 0.717) is 29.4 Å². The number of guanidine groups is 1. The van der Waals surface area contributed by atoms with Crippen molar-refractivity contribution in [3.05, 3.63) is 53.6 Å². The Hall–Kier alpha value is -2.21. The number of nitrogens with one attached hydrogen (secondary N) is 2. The minimum atomic E-state index is -4.74. The first kappa shape index (κ1) is 24.8. The Morgan fingerprint density at radius 1 is 1.03 bits per heavy atom. The van der Waals surface area contributed by atoms with Crippen LogP contribution in [0.15, 0.2) is 53.5 Å². The molecule has 1 amide bonds. The predicted molar refractivity (Wildman–Crippen MR) is 118 cm³/mol. The van der Waals surface area contributed by atoms with E-state index in [0.717, 1.165) is 12.1 Å². The number of hydrogen-bond acceptors (Lipinski definition) is 3. The van der Waals surface area contributed by atoms with Gasteiger partial charge in [-0.3, -0.25) is 9.79 Å². The molecule has 2 aromatic rings. The number of alkyl halides is 3. The van der Waals surface area contributed by atoms with E-state index in [4.69, 9.17) is 17.3 Å². The minimum Gasteiger partial charge on any atom is -0.406 e. The van der Waals surface area contributed by atoms with Gasteiger partial charge in [0.05, 0.1) is 0 Å². The molecule has 2 rings (SSSR count). The summed E-state index contributed by atoms with van der Waals surface area (Å²) in [6.45, 7) is 0.308. The number of anilines is 2. The van der Waals surface area contributed by atoms with Crippen molar-refractivity contribution in [3.8, 4) is 5.75 Å². The first-order chi connectivity index (χ1) is 13.2. The number of carbonyl (C=O) groups excluding carboxylic acids is 1. The fourth-order valence-corrected chi connectivity index (χ4v) is 2.25. The second-order valence-electron chi connectivity index (χ2n) is 5.62. The first-order valence-electron chi connectivity index (χ1n) is 8.19. The van der Waals surface area contributed by atoms with Crippen LogP contribution in [0.5, 0.6) is 5.75 Å². The summed E-state index contributed by atoms with van der Waals surface area (Å²) in [4.78, 5) is 15.9. The van der Waals surface area contributed by atoms with E-state index in [1.807, 2.05) is 0 Å². The summed E-state index contributed by atoms with van der Waals surface area (Å²) in [5.41, 5.74) is 6.82. The van der Waals surface area contributed by atoms with Crippen molar-refractivity contribution in [2.45, 2.75) is 19.2 Å². The van der Waals surface area contributed by atoms with Gasteiger partial charge in [-0.15, -0.1) is 37.1 Å². The zero-order chi connectivity index (χ0) is 20.6. The maximum atomic E-state index is 12.1. The van der Waals surface area contributed by atoms with Gasteiger partial charge >= 0.3 is 6.36 Å². The normalized spacial score (nSPS) is 11.4. The number of nitrogens with two attached hydrogens (primary N) is 1. The van der Waals surface area contributed by atoms with Gasteiger partial charge in [-0.1, -0.05) is 11.6 Å². The molecule has 0 aliphatic rings. The smallest absolute Gasteiger partial charge is 0.406 e. The second kappa shape index (κ2) is 11.7. The highest BCUT2D eigenvalue weighted by Gasteiger charge is 2.30. The molecule has 0 saturated heterocycles. The number of aliphatic imine (C=N–C) groups is 1. The molecule has 4 N–H and O–H groups in total. The molecule has 0 fully saturated rings. The van der Waals surface area contributed by atoms with Crippen molar-refractivity contribution in [2.24, 2.45) is 10.7 Å². The number of rotatable bonds is 7. The number of carbonyl (C=O) groups is 1. The van der Waals surface area contributed by atoms with Crippen LogP contribution in [0.3, 0.4) is 0 Å². The summed E-state index contributed by atoms with van der Waals surface area (Å²) in [7, 11) is 0. The van der Waals surface area contributed by atoms with Gasteiger partial charge in [0.25, 0.3) is 0 Å². The van der Waals surface area contributed by atoms with Crippen molar-refractivity contribution in [1.82, 2.24) is 0 Å². The van der Waals surface area contributed by atoms with E-state index in [9.17, 15) is 18.0 Å². The third-order valence-electron chi connectivity index (χ3n) is 3.33. The van der Waals surface area contributed by atoms with E-state index < -0.39 is 6.36 Å². The van der Waals surface area contributed by atoms with Crippen LogP contribution in [0.4, 0.5) is 24.5 Å². The van der Waals surface area contributed by atoms with Crippen molar-refractivity contribution in [3.63, 3.8) is 0 Å². The molecule has 0 heterocycles. The zero-order valence-electron chi connectivity index (χ0n) is 15.0. The van der Waals surface area contributed by atoms with Gasteiger partial charge in [-0.05, 0) is 55.0 Å². The number of benzene rings is 2. The molecule has 6 nitrogen and oxygen atoms in total. The Labute approximate surface area is 187 Å². The highest BCUT2D eigenvalue weighted by atomic mass is 127. The van der Waals surface area contributed by atoms with Crippen LogP contribution in [0.2, 0.25) is 5.02 Å². The molecule has 0 radical (unpaired) electrons. The van der Waals surface area contributed by atoms with Gasteiger partial charge in [0.1, 0.15) is 5.75 Å². The molecule has 11 heteroatoms. The minimum absolute atomic E-state index is 0. The quantitative estimate of drug-likeness (QED) is 0.199. The third-order valence-corrected chi connectivity index (χ3v) is 3.58. The average Bonchev–Trinajstić information content (AvgIpc) is 2.61. The lowest BCUT2D eigenvalue weighted by Gasteiger charge is -2.10. The van der Waals surface area contributed by atoms with Crippen LogP contribution in [0.1, 0.15) is 12.8 Å². The molecule has 0 unspecified atom stereocenters. The molecule has 158 valence electrons. The van der Waals surface area contributed by atoms with Crippen LogP contribution in [-0.4, -0.2) is 24.8 Å². The maximum absolute atomic E-state index is 12.1. The summed E-state index contributed by atoms with van der Waals surface area (Å²) in [5.74, 6) is -0.410. The molecule has 0 saturated carbocycles. The summed E-state index contributed by atoms with van der Waals surface area (Å²) >= 11 is 5.77. The predicted octanol–water partition coefficient (Wildman–Crippen LogP) is 5.00. The maximum Gasteiger partial charge on any atom is 0.573 e. The Balaban J connectivity index is 0.00000420. The van der Waals surface area contributed by atoms with Crippen molar-refractivity contribution >= 4 is 58.8 Å². The lowest BCUT2D eigenvalue weighted by Crippen LogP contribution is -2.23. The highest BCUT2D eigenvalue weighted by molar-refractivity contribution is 14.0. The summed E-state index contributed by atoms with van der Waals surface area (Å²) in [5, 5.41) is 6.06. The Morgan fingerprint density at radius 2 is 1.59 bits per heavy atom. The molecule has 0 aliphatic carbocycles. The van der Waals surface area contributed by atoms with E-state index in [-0.39, 0.29) is 48.0 Å². The number of halogens is 5. The largest absolute Gasteiger partial charge is 0.573 e. The molecule has 29 heavy (non-hydrogen) atoms. The highest BCUT2D eigenvalue weighted by Crippen LogP contribution is 2.23. The molecule has 0 aromatic heterocycles. The lowest BCUT2D eigenvalue weighted by molar-refractivity contribution is -0.274. The summed E-state index contributed by atoms with van der Waals surface area (Å²) < 4.78 is 40.1. The number of amides is 1. The summed E-state index contributed by atoms with van der Waals surface area (Å²) in [6.07, 6.45) is -4.02. The van der Waals surface area contributed by atoms with Gasteiger partial charge in [-0.2, -0.15) is 0 Å². The summed E-state index contributed by atoms with van der Waals surface area (Å²) in [6, 6.07) is 11.8. The van der Waals surface area contributed by atoms with Crippen LogP contribution in [0, 0.1) is 0 Å². The fraction of sp³-hybridized carbons (Fsp3) is 0.222. The van der Waals surface area contributed by atoms with Gasteiger partial charge in [0, 0.05) is 29.4 Å². The Bertz CT molecular complexity index is 815. The Kier molecular flexibility index (Phi) is 10.0. The zero-order valence-corrected chi connectivity index (χ0v) is 18.1. The van der Waals surface area contributed by atoms with E-state index in [2.05, 4.69) is 20.4 Å². The number of hydrogen-bond donors (Lipinski definition) is 3. The van der Waals surface area contributed by atoms with E-state index >= 15 is 0 Å². The SMILES string of the molecule is I.NC(=NCCCC(=O)Nc1ccc(Cl)cc1)Nc1ccc(OC(F)(F)F)cc1. The van der Waals surface area contributed by atoms with Crippen LogP contribution in [-0.2, 0) is 4.79 Å². The monoisotopic (exact) mass is 542 g/mol. The average molecular weight is 543 g/mol. The van der Waals surface area contributed by atoms with Crippen molar-refractivity contribution < 1.29 is 22.7 Å². The molecular formula is C18H19ClF3IN4O2. The van der Waals surface area contributed by atoms with Crippen LogP contribution in [0.25, 0.3) is 0 Å². The van der Waals surface area contributed by atoms with Crippen molar-refractivity contribution in [2.75, 3.05) is 17.2 Å². The second-order valence-corrected chi connectivity index (χ2v) is 6.06. The van der Waals surface area contributed by atoms with E-state index in [1.54, 1.807) is 24.3 Å². The van der Waals surface area contributed by atoms with Gasteiger partial charge < -0.3 is 21.1 Å². The molecule has 0 bridgehead atoms. The third kappa shape index (κ3) is 10.2. The first-order valence-corrected chi connectivity index (χ1v) is 8.57. The molecule has 0 aliphatic heterocycles. The molecular weight excluding hydrogens is 524 g/mol. The number of ether oxygens (including phenoxy) is 1. The Morgan fingerprint density at radius 3 is 2.17 bits per heavy atom. The van der Waals surface area contributed by atoms with Crippen LogP contribution < -0.4 is 21.1 Å². The van der Waals surface area contributed by atoms with Gasteiger partial charge in [0.2, 0.25) is 5.91 Å². The molecule has 2 aromatic carbocycles. The van der Waals surface area contributed by atoms with Crippen LogP contribution >= 0.6 is 35.6 Å². The molecule has 0 atom stereocenters. The molecule has 0 spiro atoms. The lowest BCUT2D eigenvalue weighted by atomic mass is 10.2. The fourth-order valence-electron chi connectivity index (χ4n) is 2.12. The topological polar surface area (TPSA) is 88.7 Å². The van der Waals surface area contributed by atoms with Gasteiger partial charge in [-0.25, -0.2) is 0 Å². The van der Waals surface area contributed by atoms with Gasteiger partial charge in [0.15, 0.2) is 5.96 Å². The standard InChI is InChI=1S/C18H18ClF3N4O2.HI/c19-12-3-5-13(6-4-12)25-16(27)2-1-11-24-17(23)26-14-7-9-15(10-8-14)28-18(20,21)22;/h3-10H,1-2,11H2,(H,25,27)(H3,23,24,26);1H.